The van der Waals surface area contributed by atoms with Gasteiger partial charge in [-0.3, -0.25) is 9.69 Å². The van der Waals surface area contributed by atoms with Gasteiger partial charge in [-0.2, -0.15) is 0 Å². The Balaban J connectivity index is 1.64. The molecule has 2 aliphatic rings. The second-order valence-electron chi connectivity index (χ2n) is 8.51. The first-order valence-corrected chi connectivity index (χ1v) is 11.4. The van der Waals surface area contributed by atoms with E-state index in [1.807, 2.05) is 24.9 Å². The van der Waals surface area contributed by atoms with Gasteiger partial charge in [0.25, 0.3) is 5.91 Å². The molecule has 158 valence electrons. The Bertz CT molecular complexity index is 996. The number of aryl methyl sites for hydroxylation is 1. The third-order valence-electron chi connectivity index (χ3n) is 6.65. The third-order valence-corrected chi connectivity index (χ3v) is 7.14. The highest BCUT2D eigenvalue weighted by molar-refractivity contribution is 7.80. The Hall–Kier alpha value is -2.40. The molecule has 0 unspecified atom stereocenters. The monoisotopic (exact) mass is 421 g/mol. The fourth-order valence-electron chi connectivity index (χ4n) is 4.90. The molecule has 4 nitrogen and oxygen atoms in total. The maximum atomic E-state index is 12.7. The molecular weight excluding hydrogens is 390 g/mol. The minimum Gasteiger partial charge on any atom is -0.318 e. The van der Waals surface area contributed by atoms with Gasteiger partial charge in [0, 0.05) is 30.7 Å². The van der Waals surface area contributed by atoms with Crippen LogP contribution in [0, 0.1) is 13.8 Å². The molecule has 5 heteroatoms. The van der Waals surface area contributed by atoms with Crippen molar-refractivity contribution >= 4 is 29.3 Å². The molecule has 0 spiro atoms. The number of rotatable bonds is 4. The van der Waals surface area contributed by atoms with Crippen LogP contribution in [-0.2, 0) is 4.79 Å². The highest BCUT2D eigenvalue weighted by atomic mass is 32.1. The average Bonchev–Trinajstić information content (AvgIpc) is 3.15. The van der Waals surface area contributed by atoms with E-state index >= 15 is 0 Å². The second-order valence-corrected chi connectivity index (χ2v) is 8.87. The van der Waals surface area contributed by atoms with E-state index in [4.69, 9.17) is 12.2 Å². The second kappa shape index (κ2) is 8.38. The molecule has 1 saturated carbocycles. The lowest BCUT2D eigenvalue weighted by atomic mass is 9.84. The highest BCUT2D eigenvalue weighted by Gasteiger charge is 2.34. The van der Waals surface area contributed by atoms with E-state index in [1.54, 1.807) is 4.90 Å². The zero-order valence-electron chi connectivity index (χ0n) is 18.4. The first-order chi connectivity index (χ1) is 14.4. The summed E-state index contributed by atoms with van der Waals surface area (Å²) in [6, 6.07) is 11.2. The van der Waals surface area contributed by atoms with E-state index < -0.39 is 0 Å². The van der Waals surface area contributed by atoms with Crippen molar-refractivity contribution in [3.8, 4) is 5.69 Å². The van der Waals surface area contributed by atoms with E-state index in [2.05, 4.69) is 48.7 Å². The zero-order valence-corrected chi connectivity index (χ0v) is 19.3. The van der Waals surface area contributed by atoms with Crippen molar-refractivity contribution in [1.29, 1.82) is 0 Å². The van der Waals surface area contributed by atoms with Crippen molar-refractivity contribution in [2.45, 2.75) is 58.8 Å². The maximum absolute atomic E-state index is 12.7. The standard InChI is InChI=1S/C25H31N3OS/c1-5-27-24(29)23(26(4)25(27)30)16-21-15-17(2)28(18(21)3)22-13-11-20(12-14-22)19-9-7-6-8-10-19/h11-16,19H,5-10H2,1-4H3/b23-16-. The van der Waals surface area contributed by atoms with E-state index in [-0.39, 0.29) is 5.91 Å². The topological polar surface area (TPSA) is 28.5 Å². The lowest BCUT2D eigenvalue weighted by Crippen LogP contribution is -2.30. The number of aromatic nitrogens is 1. The molecule has 0 radical (unpaired) electrons. The average molecular weight is 422 g/mol. The number of hydrogen-bond donors (Lipinski definition) is 0. The van der Waals surface area contributed by atoms with Gasteiger partial charge < -0.3 is 9.47 Å². The number of nitrogens with zero attached hydrogens (tertiary/aromatic N) is 3. The molecule has 1 saturated heterocycles. The van der Waals surface area contributed by atoms with Crippen LogP contribution < -0.4 is 0 Å². The van der Waals surface area contributed by atoms with Crippen molar-refractivity contribution in [1.82, 2.24) is 14.4 Å². The maximum Gasteiger partial charge on any atom is 0.276 e. The molecule has 4 rings (SSSR count). The number of thiocarbonyl (C=S) groups is 1. The number of carbonyl (C=O) groups is 1. The minimum absolute atomic E-state index is 0.0216. The van der Waals surface area contributed by atoms with E-state index in [9.17, 15) is 4.79 Å². The SMILES string of the molecule is CCN1C(=O)/C(=C/c2cc(C)n(-c3ccc(C4CCCCC4)cc3)c2C)N(C)C1=S. The molecule has 30 heavy (non-hydrogen) atoms. The largest absolute Gasteiger partial charge is 0.318 e. The van der Waals surface area contributed by atoms with Gasteiger partial charge in [-0.1, -0.05) is 31.4 Å². The molecule has 1 aromatic carbocycles. The normalized spacial score (nSPS) is 19.4. The molecule has 0 bridgehead atoms. The quantitative estimate of drug-likeness (QED) is 0.478. The summed E-state index contributed by atoms with van der Waals surface area (Å²) >= 11 is 5.42. The first kappa shape index (κ1) is 20.9. The number of hydrogen-bond acceptors (Lipinski definition) is 2. The molecule has 1 aliphatic heterocycles. The van der Waals surface area contributed by atoms with Crippen molar-refractivity contribution < 1.29 is 4.79 Å². The van der Waals surface area contributed by atoms with Crippen LogP contribution in [0.2, 0.25) is 0 Å². The molecule has 2 heterocycles. The summed E-state index contributed by atoms with van der Waals surface area (Å²) in [5.74, 6) is 0.695. The first-order valence-electron chi connectivity index (χ1n) is 11.0. The van der Waals surface area contributed by atoms with Crippen LogP contribution >= 0.6 is 12.2 Å². The smallest absolute Gasteiger partial charge is 0.276 e. The number of amides is 1. The number of carbonyl (C=O) groups excluding carboxylic acids is 1. The lowest BCUT2D eigenvalue weighted by molar-refractivity contribution is -0.122. The molecule has 0 atom stereocenters. The van der Waals surface area contributed by atoms with Gasteiger partial charge in [-0.15, -0.1) is 0 Å². The van der Waals surface area contributed by atoms with Crippen LogP contribution in [0.1, 0.15) is 67.5 Å². The summed E-state index contributed by atoms with van der Waals surface area (Å²) in [7, 11) is 1.87. The molecular formula is C25H31N3OS. The molecule has 2 aromatic rings. The minimum atomic E-state index is -0.0216. The van der Waals surface area contributed by atoms with Crippen LogP contribution in [-0.4, -0.2) is 39.0 Å². The molecule has 1 aromatic heterocycles. The Morgan fingerprint density at radius 3 is 2.37 bits per heavy atom. The molecule has 2 fully saturated rings. The highest BCUT2D eigenvalue weighted by Crippen LogP contribution is 2.33. The fourth-order valence-corrected chi connectivity index (χ4v) is 5.21. The van der Waals surface area contributed by atoms with Gasteiger partial charge in [0.1, 0.15) is 5.70 Å². The Morgan fingerprint density at radius 1 is 1.10 bits per heavy atom. The molecule has 1 aliphatic carbocycles. The predicted octanol–water partition coefficient (Wildman–Crippen LogP) is 5.56. The molecule has 0 N–H and O–H groups in total. The summed E-state index contributed by atoms with van der Waals surface area (Å²) in [6.45, 7) is 6.77. The predicted molar refractivity (Wildman–Crippen MR) is 127 cm³/mol. The molecule has 1 amide bonds. The van der Waals surface area contributed by atoms with Gasteiger partial charge in [-0.25, -0.2) is 0 Å². The van der Waals surface area contributed by atoms with Crippen LogP contribution in [0.15, 0.2) is 36.0 Å². The van der Waals surface area contributed by atoms with Crippen molar-refractivity contribution in [2.75, 3.05) is 13.6 Å². The van der Waals surface area contributed by atoms with Crippen molar-refractivity contribution in [2.24, 2.45) is 0 Å². The Kier molecular flexibility index (Phi) is 5.83. The van der Waals surface area contributed by atoms with Gasteiger partial charge in [0.2, 0.25) is 0 Å². The summed E-state index contributed by atoms with van der Waals surface area (Å²) in [6.07, 6.45) is 8.69. The fraction of sp³-hybridized carbons (Fsp3) is 0.440. The van der Waals surface area contributed by atoms with Gasteiger partial charge in [0.15, 0.2) is 5.11 Å². The van der Waals surface area contributed by atoms with Gasteiger partial charge >= 0.3 is 0 Å². The summed E-state index contributed by atoms with van der Waals surface area (Å²) in [5.41, 5.74) is 6.62. The van der Waals surface area contributed by atoms with Crippen molar-refractivity contribution in [3.63, 3.8) is 0 Å². The van der Waals surface area contributed by atoms with Crippen molar-refractivity contribution in [3.05, 3.63) is 58.5 Å². The van der Waals surface area contributed by atoms with E-state index in [1.165, 1.54) is 43.4 Å². The van der Waals surface area contributed by atoms with Gasteiger partial charge in [-0.05, 0) is 87.2 Å². The Morgan fingerprint density at radius 2 is 1.77 bits per heavy atom. The van der Waals surface area contributed by atoms with E-state index in [0.717, 1.165) is 17.0 Å². The number of likely N-dealkylation sites (N-methyl/N-ethyl adjacent to an activating group) is 2. The Labute approximate surface area is 185 Å². The number of benzene rings is 1. The summed E-state index contributed by atoms with van der Waals surface area (Å²) < 4.78 is 2.27. The lowest BCUT2D eigenvalue weighted by Gasteiger charge is -2.22. The summed E-state index contributed by atoms with van der Waals surface area (Å²) in [5, 5.41) is 0.570. The van der Waals surface area contributed by atoms with Gasteiger partial charge in [0.05, 0.1) is 0 Å². The van der Waals surface area contributed by atoms with Crippen LogP contribution in [0.3, 0.4) is 0 Å². The van der Waals surface area contributed by atoms with Crippen LogP contribution in [0.25, 0.3) is 11.8 Å². The zero-order chi connectivity index (χ0) is 21.4. The third kappa shape index (κ3) is 3.60. The van der Waals surface area contributed by atoms with E-state index in [0.29, 0.717) is 23.3 Å². The summed E-state index contributed by atoms with van der Waals surface area (Å²) in [4.78, 5) is 16.2. The van der Waals surface area contributed by atoms with Crippen LogP contribution in [0.4, 0.5) is 0 Å². The van der Waals surface area contributed by atoms with Crippen LogP contribution in [0.5, 0.6) is 0 Å².